The highest BCUT2D eigenvalue weighted by molar-refractivity contribution is 5.76. The van der Waals surface area contributed by atoms with Crippen LogP contribution in [0.1, 0.15) is 73.1 Å². The summed E-state index contributed by atoms with van der Waals surface area (Å²) in [6.07, 6.45) is 6.70. The van der Waals surface area contributed by atoms with Gasteiger partial charge in [0, 0.05) is 5.41 Å². The van der Waals surface area contributed by atoms with E-state index in [1.807, 2.05) is 13.8 Å². The minimum Gasteiger partial charge on any atom is -0.458 e. The second-order valence-electron chi connectivity index (χ2n) is 7.35. The fraction of sp³-hybridized carbons (Fsp3) is 0.938. The quantitative estimate of drug-likeness (QED) is 0.696. The van der Waals surface area contributed by atoms with Crippen LogP contribution < -0.4 is 0 Å². The highest BCUT2D eigenvalue weighted by Gasteiger charge is 2.60. The second-order valence-corrected chi connectivity index (χ2v) is 7.35. The van der Waals surface area contributed by atoms with Gasteiger partial charge in [-0.3, -0.25) is 4.79 Å². The van der Waals surface area contributed by atoms with Gasteiger partial charge in [-0.05, 0) is 58.3 Å². The Morgan fingerprint density at radius 3 is 2.39 bits per heavy atom. The Balaban J connectivity index is 2.18. The summed E-state index contributed by atoms with van der Waals surface area (Å²) in [6, 6.07) is 0. The van der Waals surface area contributed by atoms with E-state index in [2.05, 4.69) is 20.8 Å². The summed E-state index contributed by atoms with van der Waals surface area (Å²) in [6.45, 7) is 10.6. The van der Waals surface area contributed by atoms with Crippen molar-refractivity contribution in [3.05, 3.63) is 0 Å². The maximum atomic E-state index is 12.4. The standard InChI is InChI=1S/C16H28O2/c1-6-14(3,4)13(17)18-16(7-2)11-12-8-9-15(16,5)10-12/h12H,6-11H2,1-5H3. The topological polar surface area (TPSA) is 26.3 Å². The van der Waals surface area contributed by atoms with Crippen molar-refractivity contribution in [3.8, 4) is 0 Å². The van der Waals surface area contributed by atoms with E-state index in [-0.39, 0.29) is 22.4 Å². The summed E-state index contributed by atoms with van der Waals surface area (Å²) in [5.74, 6) is 0.785. The van der Waals surface area contributed by atoms with Gasteiger partial charge in [0.05, 0.1) is 5.41 Å². The molecule has 18 heavy (non-hydrogen) atoms. The highest BCUT2D eigenvalue weighted by Crippen LogP contribution is 2.62. The van der Waals surface area contributed by atoms with E-state index in [4.69, 9.17) is 4.74 Å². The first kappa shape index (κ1) is 13.9. The Labute approximate surface area is 111 Å². The van der Waals surface area contributed by atoms with E-state index in [1.54, 1.807) is 0 Å². The molecule has 0 spiro atoms. The molecule has 0 aromatic carbocycles. The zero-order valence-electron chi connectivity index (χ0n) is 12.6. The van der Waals surface area contributed by atoms with Gasteiger partial charge in [0.1, 0.15) is 5.60 Å². The van der Waals surface area contributed by atoms with Gasteiger partial charge in [-0.25, -0.2) is 0 Å². The molecule has 0 aliphatic heterocycles. The van der Waals surface area contributed by atoms with Gasteiger partial charge in [0.2, 0.25) is 0 Å². The molecule has 0 heterocycles. The van der Waals surface area contributed by atoms with E-state index in [0.29, 0.717) is 0 Å². The van der Waals surface area contributed by atoms with Gasteiger partial charge in [0.15, 0.2) is 0 Å². The van der Waals surface area contributed by atoms with Gasteiger partial charge in [-0.1, -0.05) is 20.8 Å². The van der Waals surface area contributed by atoms with Crippen molar-refractivity contribution in [1.82, 2.24) is 0 Å². The molecule has 2 aliphatic rings. The van der Waals surface area contributed by atoms with Crippen LogP contribution >= 0.6 is 0 Å². The third-order valence-electron chi connectivity index (χ3n) is 5.86. The number of hydrogen-bond acceptors (Lipinski definition) is 2. The van der Waals surface area contributed by atoms with Crippen LogP contribution in [0.5, 0.6) is 0 Å². The van der Waals surface area contributed by atoms with Crippen LogP contribution in [-0.2, 0) is 9.53 Å². The first-order valence-electron chi connectivity index (χ1n) is 7.52. The smallest absolute Gasteiger partial charge is 0.312 e. The van der Waals surface area contributed by atoms with Crippen LogP contribution in [0.15, 0.2) is 0 Å². The molecule has 3 atom stereocenters. The SMILES string of the molecule is CCC(C)(C)C(=O)OC1(CC)CC2CCC1(C)C2. The van der Waals surface area contributed by atoms with Gasteiger partial charge in [-0.2, -0.15) is 0 Å². The number of fused-ring (bicyclic) bond motifs is 2. The molecular formula is C16H28O2. The highest BCUT2D eigenvalue weighted by atomic mass is 16.6. The maximum Gasteiger partial charge on any atom is 0.312 e. The molecule has 2 heteroatoms. The van der Waals surface area contributed by atoms with E-state index >= 15 is 0 Å². The lowest BCUT2D eigenvalue weighted by Crippen LogP contribution is -2.48. The van der Waals surface area contributed by atoms with Crippen LogP contribution in [0, 0.1) is 16.7 Å². The van der Waals surface area contributed by atoms with E-state index in [9.17, 15) is 4.79 Å². The van der Waals surface area contributed by atoms with Crippen molar-refractivity contribution < 1.29 is 9.53 Å². The van der Waals surface area contributed by atoms with Crippen molar-refractivity contribution in [2.75, 3.05) is 0 Å². The Bertz CT molecular complexity index is 347. The number of hydrogen-bond donors (Lipinski definition) is 0. The lowest BCUT2D eigenvalue weighted by Gasteiger charge is -2.45. The molecule has 0 amide bonds. The van der Waals surface area contributed by atoms with Crippen molar-refractivity contribution in [3.63, 3.8) is 0 Å². The molecule has 2 fully saturated rings. The Kier molecular flexibility index (Phi) is 3.28. The van der Waals surface area contributed by atoms with E-state index in [1.165, 1.54) is 19.3 Å². The molecule has 2 bridgehead atoms. The van der Waals surface area contributed by atoms with Crippen molar-refractivity contribution in [1.29, 1.82) is 0 Å². The lowest BCUT2D eigenvalue weighted by molar-refractivity contribution is -0.186. The fourth-order valence-corrected chi connectivity index (χ4v) is 3.93. The monoisotopic (exact) mass is 252 g/mol. The summed E-state index contributed by atoms with van der Waals surface area (Å²) < 4.78 is 6.10. The van der Waals surface area contributed by atoms with Crippen molar-refractivity contribution in [2.45, 2.75) is 78.7 Å². The average Bonchev–Trinajstić information content (AvgIpc) is 2.82. The number of rotatable bonds is 4. The van der Waals surface area contributed by atoms with Crippen LogP contribution in [0.2, 0.25) is 0 Å². The van der Waals surface area contributed by atoms with Crippen LogP contribution in [0.25, 0.3) is 0 Å². The van der Waals surface area contributed by atoms with E-state index < -0.39 is 0 Å². The first-order chi connectivity index (χ1) is 8.28. The molecule has 0 radical (unpaired) electrons. The van der Waals surface area contributed by atoms with E-state index in [0.717, 1.165) is 25.2 Å². The van der Waals surface area contributed by atoms with Gasteiger partial charge in [-0.15, -0.1) is 0 Å². The average molecular weight is 252 g/mol. The van der Waals surface area contributed by atoms with Crippen LogP contribution in [0.4, 0.5) is 0 Å². The Morgan fingerprint density at radius 2 is 2.00 bits per heavy atom. The minimum atomic E-state index is -0.347. The molecule has 0 N–H and O–H groups in total. The number of ether oxygens (including phenoxy) is 1. The molecule has 2 saturated carbocycles. The molecule has 0 aromatic heterocycles. The number of esters is 1. The molecule has 104 valence electrons. The molecular weight excluding hydrogens is 224 g/mol. The zero-order chi connectivity index (χ0) is 13.6. The maximum absolute atomic E-state index is 12.4. The summed E-state index contributed by atoms with van der Waals surface area (Å²) in [5.41, 5.74) is -0.300. The molecule has 2 rings (SSSR count). The number of carbonyl (C=O) groups excluding carboxylic acids is 1. The molecule has 0 aromatic rings. The van der Waals surface area contributed by atoms with Crippen LogP contribution in [0.3, 0.4) is 0 Å². The van der Waals surface area contributed by atoms with Crippen molar-refractivity contribution >= 4 is 5.97 Å². The third kappa shape index (κ3) is 1.88. The summed E-state index contributed by atoms with van der Waals surface area (Å²) in [5, 5.41) is 0. The lowest BCUT2D eigenvalue weighted by atomic mass is 9.71. The summed E-state index contributed by atoms with van der Waals surface area (Å²) in [7, 11) is 0. The zero-order valence-corrected chi connectivity index (χ0v) is 12.6. The predicted octanol–water partition coefficient (Wildman–Crippen LogP) is 4.32. The van der Waals surface area contributed by atoms with Gasteiger partial charge >= 0.3 is 5.97 Å². The van der Waals surface area contributed by atoms with Gasteiger partial charge in [0.25, 0.3) is 0 Å². The molecule has 3 unspecified atom stereocenters. The minimum absolute atomic E-state index is 0.000579. The fourth-order valence-electron chi connectivity index (χ4n) is 3.93. The largest absolute Gasteiger partial charge is 0.458 e. The molecule has 2 nitrogen and oxygen atoms in total. The normalized spacial score (nSPS) is 39.1. The van der Waals surface area contributed by atoms with Gasteiger partial charge < -0.3 is 4.74 Å². The summed E-state index contributed by atoms with van der Waals surface area (Å²) in [4.78, 5) is 12.4. The van der Waals surface area contributed by atoms with Crippen molar-refractivity contribution in [2.24, 2.45) is 16.7 Å². The second kappa shape index (κ2) is 4.25. The molecule has 2 aliphatic carbocycles. The van der Waals surface area contributed by atoms with Crippen LogP contribution in [-0.4, -0.2) is 11.6 Å². The third-order valence-corrected chi connectivity index (χ3v) is 5.86. The predicted molar refractivity (Wildman–Crippen MR) is 73.3 cm³/mol. The Morgan fingerprint density at radius 1 is 1.33 bits per heavy atom. The Hall–Kier alpha value is -0.530. The molecule has 0 saturated heterocycles. The summed E-state index contributed by atoms with van der Waals surface area (Å²) >= 11 is 0. The number of carbonyl (C=O) groups is 1. The first-order valence-corrected chi connectivity index (χ1v) is 7.52.